The molecule has 0 unspecified atom stereocenters. The van der Waals surface area contributed by atoms with Crippen LogP contribution < -0.4 is 10.9 Å². The summed E-state index contributed by atoms with van der Waals surface area (Å²) < 4.78 is 21.7. The van der Waals surface area contributed by atoms with Crippen molar-refractivity contribution < 1.29 is 8.42 Å². The number of hydrogen-bond acceptors (Lipinski definition) is 3. The van der Waals surface area contributed by atoms with Crippen LogP contribution in [0.2, 0.25) is 0 Å². The highest BCUT2D eigenvalue weighted by molar-refractivity contribution is 7.89. The zero-order valence-electron chi connectivity index (χ0n) is 6.69. The summed E-state index contributed by atoms with van der Waals surface area (Å²) in [4.78, 5) is -0.0415. The lowest BCUT2D eigenvalue weighted by molar-refractivity contribution is 0.598. The number of nitrogens with one attached hydrogen (secondary N) is 1. The number of hydrogen-bond donors (Lipinski definition) is 3. The van der Waals surface area contributed by atoms with Crippen molar-refractivity contribution in [1.29, 1.82) is 5.41 Å². The van der Waals surface area contributed by atoms with Crippen LogP contribution in [0.5, 0.6) is 0 Å². The Labute approximate surface area is 75.9 Å². The van der Waals surface area contributed by atoms with E-state index in [1.54, 1.807) is 0 Å². The first kappa shape index (κ1) is 9.69. The molecule has 0 aliphatic heterocycles. The van der Waals surface area contributed by atoms with Gasteiger partial charge in [0.05, 0.1) is 4.90 Å². The summed E-state index contributed by atoms with van der Waals surface area (Å²) in [6.07, 6.45) is 0. The molecule has 70 valence electrons. The maximum Gasteiger partial charge on any atom is 0.238 e. The highest BCUT2D eigenvalue weighted by atomic mass is 32.2. The van der Waals surface area contributed by atoms with Gasteiger partial charge in [-0.05, 0) is 12.1 Å². The first-order chi connectivity index (χ1) is 5.91. The number of benzene rings is 1. The Morgan fingerprint density at radius 2 is 2.00 bits per heavy atom. The summed E-state index contributed by atoms with van der Waals surface area (Å²) in [6.45, 7) is 0. The van der Waals surface area contributed by atoms with Crippen molar-refractivity contribution in [3.05, 3.63) is 29.8 Å². The third-order valence-corrected chi connectivity index (χ3v) is 2.38. The molecule has 6 heteroatoms. The Morgan fingerprint density at radius 3 is 2.46 bits per heavy atom. The van der Waals surface area contributed by atoms with Crippen molar-refractivity contribution in [2.75, 3.05) is 0 Å². The van der Waals surface area contributed by atoms with Crippen molar-refractivity contribution in [2.45, 2.75) is 4.90 Å². The SMILES string of the molecule is N=C(N)c1cccc(S(N)(=O)=O)c1. The lowest BCUT2D eigenvalue weighted by Crippen LogP contribution is -2.15. The third-order valence-electron chi connectivity index (χ3n) is 1.47. The average Bonchev–Trinajstić information content (AvgIpc) is 2.03. The molecule has 0 radical (unpaired) electrons. The first-order valence-corrected chi connectivity index (χ1v) is 4.93. The topological polar surface area (TPSA) is 110 Å². The smallest absolute Gasteiger partial charge is 0.238 e. The standard InChI is InChI=1S/C7H9N3O2S/c8-7(9)5-2-1-3-6(4-5)13(10,11)12/h1-4H,(H3,8,9)(H2,10,11,12). The molecule has 0 fully saturated rings. The van der Waals surface area contributed by atoms with E-state index >= 15 is 0 Å². The maximum absolute atomic E-state index is 10.9. The molecule has 0 aromatic heterocycles. The second-order valence-electron chi connectivity index (χ2n) is 2.49. The summed E-state index contributed by atoms with van der Waals surface area (Å²) in [5, 5.41) is 12.0. The molecule has 1 aromatic carbocycles. The van der Waals surface area contributed by atoms with Gasteiger partial charge in [-0.15, -0.1) is 0 Å². The first-order valence-electron chi connectivity index (χ1n) is 3.38. The molecule has 1 rings (SSSR count). The fraction of sp³-hybridized carbons (Fsp3) is 0. The molecular weight excluding hydrogens is 190 g/mol. The van der Waals surface area contributed by atoms with Crippen molar-refractivity contribution >= 4 is 15.9 Å². The van der Waals surface area contributed by atoms with E-state index < -0.39 is 10.0 Å². The van der Waals surface area contributed by atoms with Gasteiger partial charge in [-0.1, -0.05) is 12.1 Å². The Balaban J connectivity index is 3.29. The maximum atomic E-state index is 10.9. The summed E-state index contributed by atoms with van der Waals surface area (Å²) in [7, 11) is -3.71. The molecule has 0 saturated carbocycles. The van der Waals surface area contributed by atoms with Crippen LogP contribution >= 0.6 is 0 Å². The van der Waals surface area contributed by atoms with Gasteiger partial charge in [0.25, 0.3) is 0 Å². The largest absolute Gasteiger partial charge is 0.384 e. The summed E-state index contributed by atoms with van der Waals surface area (Å²) in [5.74, 6) is -0.189. The molecule has 0 amide bonds. The van der Waals surface area contributed by atoms with E-state index in [4.69, 9.17) is 16.3 Å². The van der Waals surface area contributed by atoms with Crippen LogP contribution in [0.4, 0.5) is 0 Å². The summed E-state index contributed by atoms with van der Waals surface area (Å²) in [6, 6.07) is 5.63. The van der Waals surface area contributed by atoms with E-state index in [1.165, 1.54) is 24.3 Å². The van der Waals surface area contributed by atoms with E-state index in [0.29, 0.717) is 5.56 Å². The summed E-state index contributed by atoms with van der Waals surface area (Å²) in [5.41, 5.74) is 5.51. The van der Waals surface area contributed by atoms with Crippen LogP contribution in [-0.4, -0.2) is 14.3 Å². The van der Waals surface area contributed by atoms with Gasteiger partial charge < -0.3 is 5.73 Å². The van der Waals surface area contributed by atoms with E-state index in [9.17, 15) is 8.42 Å². The zero-order chi connectivity index (χ0) is 10.1. The Morgan fingerprint density at radius 1 is 1.38 bits per heavy atom. The van der Waals surface area contributed by atoms with Gasteiger partial charge in [-0.3, -0.25) is 5.41 Å². The molecule has 0 saturated heterocycles. The Hall–Kier alpha value is -1.40. The fourth-order valence-electron chi connectivity index (χ4n) is 0.841. The van der Waals surface area contributed by atoms with Gasteiger partial charge in [-0.25, -0.2) is 13.6 Å². The minimum Gasteiger partial charge on any atom is -0.384 e. The normalized spacial score (nSPS) is 11.2. The molecule has 0 bridgehead atoms. The van der Waals surface area contributed by atoms with Gasteiger partial charge in [0.15, 0.2) is 0 Å². The quantitative estimate of drug-likeness (QED) is 0.446. The fourth-order valence-corrected chi connectivity index (χ4v) is 1.40. The summed E-state index contributed by atoms with van der Waals surface area (Å²) >= 11 is 0. The van der Waals surface area contributed by atoms with Gasteiger partial charge in [-0.2, -0.15) is 0 Å². The van der Waals surface area contributed by atoms with Crippen LogP contribution in [0.1, 0.15) is 5.56 Å². The molecule has 5 nitrogen and oxygen atoms in total. The zero-order valence-corrected chi connectivity index (χ0v) is 7.51. The monoisotopic (exact) mass is 199 g/mol. The lowest BCUT2D eigenvalue weighted by atomic mass is 10.2. The van der Waals surface area contributed by atoms with Gasteiger partial charge in [0.2, 0.25) is 10.0 Å². The highest BCUT2D eigenvalue weighted by Gasteiger charge is 2.08. The molecule has 0 aliphatic carbocycles. The Kier molecular flexibility index (Phi) is 2.35. The molecule has 1 aromatic rings. The van der Waals surface area contributed by atoms with Crippen LogP contribution in [0.25, 0.3) is 0 Å². The van der Waals surface area contributed by atoms with Crippen LogP contribution in [0.3, 0.4) is 0 Å². The molecule has 0 aliphatic rings. The van der Waals surface area contributed by atoms with E-state index in [2.05, 4.69) is 0 Å². The minimum absolute atomic E-state index is 0.0415. The number of primary sulfonamides is 1. The molecule has 0 atom stereocenters. The highest BCUT2D eigenvalue weighted by Crippen LogP contribution is 2.08. The number of rotatable bonds is 2. The number of sulfonamides is 1. The predicted molar refractivity (Wildman–Crippen MR) is 48.8 cm³/mol. The average molecular weight is 199 g/mol. The van der Waals surface area contributed by atoms with E-state index in [0.717, 1.165) is 0 Å². The van der Waals surface area contributed by atoms with Crippen LogP contribution in [0, 0.1) is 5.41 Å². The van der Waals surface area contributed by atoms with Gasteiger partial charge >= 0.3 is 0 Å². The van der Waals surface area contributed by atoms with Crippen molar-refractivity contribution in [3.8, 4) is 0 Å². The molecule has 13 heavy (non-hydrogen) atoms. The Bertz CT molecular complexity index is 439. The molecule has 0 heterocycles. The predicted octanol–water partition coefficient (Wildman–Crippen LogP) is -0.382. The molecular formula is C7H9N3O2S. The molecule has 0 spiro atoms. The van der Waals surface area contributed by atoms with Gasteiger partial charge in [0.1, 0.15) is 5.84 Å². The van der Waals surface area contributed by atoms with E-state index in [1.807, 2.05) is 0 Å². The van der Waals surface area contributed by atoms with Crippen molar-refractivity contribution in [1.82, 2.24) is 0 Å². The number of nitrogen functional groups attached to an aromatic ring is 1. The number of nitrogens with two attached hydrogens (primary N) is 2. The molecule has 5 N–H and O–H groups in total. The van der Waals surface area contributed by atoms with Crippen molar-refractivity contribution in [2.24, 2.45) is 10.9 Å². The second-order valence-corrected chi connectivity index (χ2v) is 4.05. The lowest BCUT2D eigenvalue weighted by Gasteiger charge is -2.00. The van der Waals surface area contributed by atoms with Crippen molar-refractivity contribution in [3.63, 3.8) is 0 Å². The second kappa shape index (κ2) is 3.15. The van der Waals surface area contributed by atoms with Gasteiger partial charge in [0, 0.05) is 5.56 Å². The minimum atomic E-state index is -3.71. The van der Waals surface area contributed by atoms with Crippen LogP contribution in [0.15, 0.2) is 29.2 Å². The van der Waals surface area contributed by atoms with E-state index in [-0.39, 0.29) is 10.7 Å². The number of amidine groups is 1. The third kappa shape index (κ3) is 2.27. The van der Waals surface area contributed by atoms with Crippen LogP contribution in [-0.2, 0) is 10.0 Å².